The van der Waals surface area contributed by atoms with Gasteiger partial charge in [-0.25, -0.2) is 8.78 Å². The van der Waals surface area contributed by atoms with E-state index < -0.39 is 17.5 Å². The minimum Gasteiger partial charge on any atom is -0.338 e. The summed E-state index contributed by atoms with van der Waals surface area (Å²) in [6.07, 6.45) is 1.82. The van der Waals surface area contributed by atoms with Gasteiger partial charge in [-0.1, -0.05) is 0 Å². The second-order valence-electron chi connectivity index (χ2n) is 4.54. The van der Waals surface area contributed by atoms with Crippen molar-refractivity contribution in [3.8, 4) is 0 Å². The van der Waals surface area contributed by atoms with Gasteiger partial charge in [-0.2, -0.15) is 0 Å². The molecule has 0 radical (unpaired) electrons. The fraction of sp³-hybridized carbons (Fsp3) is 0.462. The summed E-state index contributed by atoms with van der Waals surface area (Å²) >= 11 is 5.78. The smallest absolute Gasteiger partial charge is 0.256 e. The number of likely N-dealkylation sites (tertiary alicyclic amines) is 1. The monoisotopic (exact) mass is 273 g/mol. The first-order chi connectivity index (χ1) is 8.61. The maximum atomic E-state index is 13.5. The first kappa shape index (κ1) is 13.3. The highest BCUT2D eigenvalue weighted by atomic mass is 35.5. The van der Waals surface area contributed by atoms with E-state index in [1.54, 1.807) is 4.90 Å². The lowest BCUT2D eigenvalue weighted by Gasteiger charge is -2.31. The van der Waals surface area contributed by atoms with Gasteiger partial charge < -0.3 is 4.90 Å². The summed E-state index contributed by atoms with van der Waals surface area (Å²) in [6, 6.07) is 2.93. The van der Waals surface area contributed by atoms with Gasteiger partial charge >= 0.3 is 0 Å². The van der Waals surface area contributed by atoms with Crippen molar-refractivity contribution in [3.05, 3.63) is 35.4 Å². The van der Waals surface area contributed by atoms with Crippen molar-refractivity contribution in [2.24, 2.45) is 5.92 Å². The number of alkyl halides is 1. The molecule has 2 rings (SSSR count). The Morgan fingerprint density at radius 2 is 2.22 bits per heavy atom. The van der Waals surface area contributed by atoms with Crippen LogP contribution in [-0.2, 0) is 0 Å². The number of nitrogens with zero attached hydrogens (tertiary/aromatic N) is 1. The first-order valence-corrected chi connectivity index (χ1v) is 6.45. The van der Waals surface area contributed by atoms with Gasteiger partial charge in [0.1, 0.15) is 11.6 Å². The largest absolute Gasteiger partial charge is 0.338 e. The lowest BCUT2D eigenvalue weighted by molar-refractivity contribution is 0.0679. The quantitative estimate of drug-likeness (QED) is 0.759. The Morgan fingerprint density at radius 1 is 1.44 bits per heavy atom. The van der Waals surface area contributed by atoms with Gasteiger partial charge in [0, 0.05) is 19.0 Å². The van der Waals surface area contributed by atoms with Crippen LogP contribution < -0.4 is 0 Å². The van der Waals surface area contributed by atoms with Crippen molar-refractivity contribution in [1.82, 2.24) is 4.90 Å². The predicted octanol–water partition coefficient (Wildman–Crippen LogP) is 3.06. The molecule has 1 aliphatic rings. The van der Waals surface area contributed by atoms with Crippen LogP contribution >= 0.6 is 11.6 Å². The first-order valence-electron chi connectivity index (χ1n) is 5.92. The third-order valence-corrected chi connectivity index (χ3v) is 3.62. The molecule has 0 aliphatic carbocycles. The fourth-order valence-electron chi connectivity index (χ4n) is 2.21. The number of amides is 1. The molecule has 1 unspecified atom stereocenters. The Bertz CT molecular complexity index is 453. The van der Waals surface area contributed by atoms with Gasteiger partial charge in [0.05, 0.1) is 5.56 Å². The zero-order chi connectivity index (χ0) is 13.1. The molecule has 0 spiro atoms. The number of rotatable bonds is 2. The van der Waals surface area contributed by atoms with E-state index in [0.29, 0.717) is 19.0 Å². The highest BCUT2D eigenvalue weighted by molar-refractivity contribution is 6.18. The molecule has 5 heteroatoms. The van der Waals surface area contributed by atoms with Gasteiger partial charge in [-0.05, 0) is 37.0 Å². The molecule has 1 amide bonds. The van der Waals surface area contributed by atoms with Gasteiger partial charge in [-0.15, -0.1) is 11.6 Å². The van der Waals surface area contributed by atoms with Crippen LogP contribution in [0, 0.1) is 17.6 Å². The second kappa shape index (κ2) is 5.65. The normalized spacial score (nSPS) is 19.9. The van der Waals surface area contributed by atoms with Gasteiger partial charge in [0.15, 0.2) is 0 Å². The van der Waals surface area contributed by atoms with Crippen LogP contribution in [0.4, 0.5) is 8.78 Å². The van der Waals surface area contributed by atoms with E-state index in [1.165, 1.54) is 0 Å². The molecule has 1 saturated heterocycles. The summed E-state index contributed by atoms with van der Waals surface area (Å²) < 4.78 is 26.6. The van der Waals surface area contributed by atoms with Crippen LogP contribution in [0.25, 0.3) is 0 Å². The van der Waals surface area contributed by atoms with Crippen LogP contribution in [0.1, 0.15) is 23.2 Å². The Labute approximate surface area is 110 Å². The molecule has 18 heavy (non-hydrogen) atoms. The molecule has 1 atom stereocenters. The lowest BCUT2D eigenvalue weighted by atomic mass is 9.99. The number of piperidine rings is 1. The predicted molar refractivity (Wildman–Crippen MR) is 65.7 cm³/mol. The summed E-state index contributed by atoms with van der Waals surface area (Å²) in [5, 5.41) is 0. The highest BCUT2D eigenvalue weighted by Crippen LogP contribution is 2.21. The minimum atomic E-state index is -0.686. The number of carbonyl (C=O) groups excluding carboxylic acids is 1. The van der Waals surface area contributed by atoms with Crippen LogP contribution in [0.2, 0.25) is 0 Å². The lowest BCUT2D eigenvalue weighted by Crippen LogP contribution is -2.40. The minimum absolute atomic E-state index is 0.203. The molecule has 1 aromatic rings. The zero-order valence-corrected chi connectivity index (χ0v) is 10.6. The van der Waals surface area contributed by atoms with E-state index in [1.807, 2.05) is 0 Å². The molecular weight excluding hydrogens is 260 g/mol. The van der Waals surface area contributed by atoms with Crippen LogP contribution in [-0.4, -0.2) is 29.8 Å². The summed E-state index contributed by atoms with van der Waals surface area (Å²) in [5.74, 6) is -1.03. The second-order valence-corrected chi connectivity index (χ2v) is 4.85. The molecule has 1 aromatic carbocycles. The van der Waals surface area contributed by atoms with E-state index >= 15 is 0 Å². The molecular formula is C13H14ClF2NO. The van der Waals surface area contributed by atoms with Crippen molar-refractivity contribution in [3.63, 3.8) is 0 Å². The molecule has 0 N–H and O–H groups in total. The van der Waals surface area contributed by atoms with E-state index in [4.69, 9.17) is 11.6 Å². The third kappa shape index (κ3) is 2.80. The van der Waals surface area contributed by atoms with E-state index in [2.05, 4.69) is 0 Å². The average Bonchev–Trinajstić information content (AvgIpc) is 2.41. The van der Waals surface area contributed by atoms with Crippen LogP contribution in [0.5, 0.6) is 0 Å². The summed E-state index contributed by atoms with van der Waals surface area (Å²) in [7, 11) is 0. The maximum Gasteiger partial charge on any atom is 0.256 e. The zero-order valence-electron chi connectivity index (χ0n) is 9.83. The molecule has 1 fully saturated rings. The number of hydrogen-bond acceptors (Lipinski definition) is 1. The standard InChI is InChI=1S/C13H14ClF2NO/c14-7-9-2-1-5-17(8-9)13(18)11-6-10(15)3-4-12(11)16/h3-4,6,9H,1-2,5,7-8H2. The number of benzene rings is 1. The number of hydrogen-bond donors (Lipinski definition) is 0. The van der Waals surface area contributed by atoms with Crippen molar-refractivity contribution in [2.75, 3.05) is 19.0 Å². The molecule has 0 aromatic heterocycles. The molecule has 2 nitrogen and oxygen atoms in total. The molecule has 98 valence electrons. The van der Waals surface area contributed by atoms with Crippen LogP contribution in [0.15, 0.2) is 18.2 Å². The number of halogens is 3. The molecule has 1 aliphatic heterocycles. The molecule has 1 heterocycles. The maximum absolute atomic E-state index is 13.5. The van der Waals surface area contributed by atoms with Crippen molar-refractivity contribution in [2.45, 2.75) is 12.8 Å². The van der Waals surface area contributed by atoms with Crippen molar-refractivity contribution < 1.29 is 13.6 Å². The Kier molecular flexibility index (Phi) is 4.17. The highest BCUT2D eigenvalue weighted by Gasteiger charge is 2.25. The van der Waals surface area contributed by atoms with E-state index in [-0.39, 0.29) is 11.5 Å². The molecule has 0 bridgehead atoms. The number of carbonyl (C=O) groups is 1. The van der Waals surface area contributed by atoms with Gasteiger partial charge in [-0.3, -0.25) is 4.79 Å². The summed E-state index contributed by atoms with van der Waals surface area (Å²) in [5.41, 5.74) is -0.203. The van der Waals surface area contributed by atoms with Gasteiger partial charge in [0.2, 0.25) is 0 Å². The SMILES string of the molecule is O=C(c1cc(F)ccc1F)N1CCCC(CCl)C1. The van der Waals surface area contributed by atoms with E-state index in [9.17, 15) is 13.6 Å². The Balaban J connectivity index is 2.17. The fourth-order valence-corrected chi connectivity index (χ4v) is 2.46. The third-order valence-electron chi connectivity index (χ3n) is 3.18. The summed E-state index contributed by atoms with van der Waals surface area (Å²) in [4.78, 5) is 13.7. The van der Waals surface area contributed by atoms with Crippen molar-refractivity contribution in [1.29, 1.82) is 0 Å². The Morgan fingerprint density at radius 3 is 2.94 bits per heavy atom. The van der Waals surface area contributed by atoms with Crippen molar-refractivity contribution >= 4 is 17.5 Å². The Hall–Kier alpha value is -1.16. The average molecular weight is 274 g/mol. The topological polar surface area (TPSA) is 20.3 Å². The van der Waals surface area contributed by atoms with E-state index in [0.717, 1.165) is 31.0 Å². The van der Waals surface area contributed by atoms with Crippen LogP contribution in [0.3, 0.4) is 0 Å². The van der Waals surface area contributed by atoms with Gasteiger partial charge in [0.25, 0.3) is 5.91 Å². The molecule has 0 saturated carbocycles. The summed E-state index contributed by atoms with van der Waals surface area (Å²) in [6.45, 7) is 1.08.